The number of carbonyl (C=O) groups is 1. The van der Waals surface area contributed by atoms with Gasteiger partial charge in [0.25, 0.3) is 0 Å². The van der Waals surface area contributed by atoms with Crippen molar-refractivity contribution in [2.45, 2.75) is 0 Å². The molecule has 0 aliphatic carbocycles. The fraction of sp³-hybridized carbons (Fsp3) is 0.0625. The number of hydrogen-bond acceptors (Lipinski definition) is 3. The first-order valence-corrected chi connectivity index (χ1v) is 6.10. The zero-order chi connectivity index (χ0) is 14.1. The lowest BCUT2D eigenvalue weighted by molar-refractivity contribution is -0.131. The Kier molecular flexibility index (Phi) is 2.91. The Hall–Kier alpha value is -2.75. The number of ether oxygens (including phenoxy) is 1. The largest absolute Gasteiger partial charge is 0.493 e. The topological polar surface area (TPSA) is 59.7 Å². The number of carboxylic acid groups (broad SMARTS) is 1. The van der Waals surface area contributed by atoms with Crippen LogP contribution in [0.5, 0.6) is 5.75 Å². The van der Waals surface area contributed by atoms with E-state index in [1.54, 1.807) is 19.3 Å². The lowest BCUT2D eigenvalue weighted by Crippen LogP contribution is -1.87. The molecule has 1 N–H and O–H groups in total. The zero-order valence-corrected chi connectivity index (χ0v) is 10.8. The fourth-order valence-electron chi connectivity index (χ4n) is 2.29. The van der Waals surface area contributed by atoms with Crippen LogP contribution in [0.3, 0.4) is 0 Å². The van der Waals surface area contributed by atoms with E-state index in [1.165, 1.54) is 0 Å². The van der Waals surface area contributed by atoms with Gasteiger partial charge in [0.2, 0.25) is 0 Å². The molecular weight excluding hydrogens is 256 g/mol. The molecule has 0 bridgehead atoms. The van der Waals surface area contributed by atoms with E-state index in [-0.39, 0.29) is 0 Å². The van der Waals surface area contributed by atoms with Gasteiger partial charge in [-0.3, -0.25) is 0 Å². The van der Waals surface area contributed by atoms with Crippen LogP contribution in [0.2, 0.25) is 0 Å². The number of methoxy groups -OCH3 is 1. The molecule has 20 heavy (non-hydrogen) atoms. The van der Waals surface area contributed by atoms with Crippen LogP contribution in [-0.4, -0.2) is 18.2 Å². The highest BCUT2D eigenvalue weighted by atomic mass is 16.5. The van der Waals surface area contributed by atoms with Gasteiger partial charge in [0.05, 0.1) is 7.11 Å². The monoisotopic (exact) mass is 268 g/mol. The van der Waals surface area contributed by atoms with Crippen LogP contribution in [0.25, 0.3) is 28.0 Å². The summed E-state index contributed by atoms with van der Waals surface area (Å²) in [5.74, 6) is -0.356. The Morgan fingerprint density at radius 3 is 2.80 bits per heavy atom. The summed E-state index contributed by atoms with van der Waals surface area (Å²) < 4.78 is 11.1. The number of hydrogen-bond donors (Lipinski definition) is 1. The van der Waals surface area contributed by atoms with Crippen molar-refractivity contribution in [3.8, 4) is 5.75 Å². The normalized spacial score (nSPS) is 11.4. The summed E-state index contributed by atoms with van der Waals surface area (Å²) in [7, 11) is 1.58. The Morgan fingerprint density at radius 2 is 2.05 bits per heavy atom. The smallest absolute Gasteiger partial charge is 0.328 e. The summed E-state index contributed by atoms with van der Waals surface area (Å²) >= 11 is 0. The van der Waals surface area contributed by atoms with E-state index in [1.807, 2.05) is 30.3 Å². The minimum absolute atomic E-state index is 0.626. The van der Waals surface area contributed by atoms with Crippen molar-refractivity contribution in [1.82, 2.24) is 0 Å². The molecule has 4 heteroatoms. The molecule has 0 aliphatic rings. The van der Waals surface area contributed by atoms with Gasteiger partial charge in [-0.1, -0.05) is 24.3 Å². The summed E-state index contributed by atoms with van der Waals surface area (Å²) in [6.45, 7) is 0. The van der Waals surface area contributed by atoms with E-state index in [4.69, 9.17) is 14.3 Å². The quantitative estimate of drug-likeness (QED) is 0.736. The molecule has 0 saturated carbocycles. The van der Waals surface area contributed by atoms with Crippen molar-refractivity contribution in [2.75, 3.05) is 7.11 Å². The summed E-state index contributed by atoms with van der Waals surface area (Å²) in [6, 6.07) is 11.2. The van der Waals surface area contributed by atoms with Crippen molar-refractivity contribution in [1.29, 1.82) is 0 Å². The molecule has 4 nitrogen and oxygen atoms in total. The molecule has 0 spiro atoms. The molecule has 0 radical (unpaired) electrons. The van der Waals surface area contributed by atoms with Crippen molar-refractivity contribution in [2.24, 2.45) is 0 Å². The van der Waals surface area contributed by atoms with Crippen LogP contribution < -0.4 is 4.74 Å². The maximum absolute atomic E-state index is 10.7. The van der Waals surface area contributed by atoms with Crippen molar-refractivity contribution in [3.05, 3.63) is 48.0 Å². The maximum Gasteiger partial charge on any atom is 0.328 e. The number of furan rings is 1. The third-order valence-corrected chi connectivity index (χ3v) is 3.15. The van der Waals surface area contributed by atoms with E-state index in [0.717, 1.165) is 28.0 Å². The number of benzene rings is 2. The molecule has 0 fully saturated rings. The standard InChI is InChI=1S/C16H12O4/c1-19-13-8-6-10(7-9-14(17)18)15-11-4-2-3-5-12(11)20-16(13)15/h2-9H,1H3,(H,17,18)/b9-7+. The average molecular weight is 268 g/mol. The van der Waals surface area contributed by atoms with Gasteiger partial charge in [0.15, 0.2) is 11.3 Å². The molecule has 100 valence electrons. The predicted octanol–water partition coefficient (Wildman–Crippen LogP) is 3.69. The van der Waals surface area contributed by atoms with Gasteiger partial charge in [-0.15, -0.1) is 0 Å². The fourth-order valence-corrected chi connectivity index (χ4v) is 2.29. The van der Waals surface area contributed by atoms with Crippen LogP contribution in [0.15, 0.2) is 46.9 Å². The van der Waals surface area contributed by atoms with E-state index >= 15 is 0 Å². The van der Waals surface area contributed by atoms with Crippen molar-refractivity contribution < 1.29 is 19.1 Å². The molecule has 2 aromatic carbocycles. The van der Waals surface area contributed by atoms with Gasteiger partial charge >= 0.3 is 5.97 Å². The third kappa shape index (κ3) is 1.91. The van der Waals surface area contributed by atoms with Gasteiger partial charge < -0.3 is 14.3 Å². The highest BCUT2D eigenvalue weighted by Gasteiger charge is 2.13. The minimum atomic E-state index is -0.984. The van der Waals surface area contributed by atoms with Crippen LogP contribution in [0.1, 0.15) is 5.56 Å². The molecule has 3 rings (SSSR count). The van der Waals surface area contributed by atoms with Gasteiger partial charge in [-0.2, -0.15) is 0 Å². The first kappa shape index (κ1) is 12.3. The number of para-hydroxylation sites is 1. The van der Waals surface area contributed by atoms with Crippen molar-refractivity contribution >= 4 is 34.0 Å². The minimum Gasteiger partial charge on any atom is -0.493 e. The molecule has 1 heterocycles. The first-order valence-electron chi connectivity index (χ1n) is 6.10. The zero-order valence-electron chi connectivity index (χ0n) is 10.8. The predicted molar refractivity (Wildman–Crippen MR) is 76.9 cm³/mol. The second-order valence-electron chi connectivity index (χ2n) is 4.33. The Balaban J connectivity index is 2.38. The van der Waals surface area contributed by atoms with Crippen LogP contribution in [0, 0.1) is 0 Å². The van der Waals surface area contributed by atoms with E-state index in [9.17, 15) is 4.79 Å². The summed E-state index contributed by atoms with van der Waals surface area (Å²) in [6.07, 6.45) is 2.68. The lowest BCUT2D eigenvalue weighted by Gasteiger charge is -2.02. The van der Waals surface area contributed by atoms with Crippen molar-refractivity contribution in [3.63, 3.8) is 0 Å². The number of carboxylic acids is 1. The third-order valence-electron chi connectivity index (χ3n) is 3.15. The lowest BCUT2D eigenvalue weighted by atomic mass is 10.1. The highest BCUT2D eigenvalue weighted by Crippen LogP contribution is 2.37. The van der Waals surface area contributed by atoms with Gasteiger partial charge in [-0.05, 0) is 23.8 Å². The molecule has 0 aliphatic heterocycles. The molecule has 0 amide bonds. The number of rotatable bonds is 3. The SMILES string of the molecule is COc1ccc(/C=C/C(=O)O)c2c1oc1ccccc12. The van der Waals surface area contributed by atoms with Gasteiger partial charge in [-0.25, -0.2) is 4.79 Å². The Bertz CT molecular complexity index is 827. The number of aliphatic carboxylic acids is 1. The van der Waals surface area contributed by atoms with Gasteiger partial charge in [0.1, 0.15) is 5.58 Å². The second-order valence-corrected chi connectivity index (χ2v) is 4.33. The van der Waals surface area contributed by atoms with E-state index in [2.05, 4.69) is 0 Å². The van der Waals surface area contributed by atoms with E-state index in [0.29, 0.717) is 11.3 Å². The first-order chi connectivity index (χ1) is 9.70. The molecule has 1 aromatic heterocycles. The summed E-state index contributed by atoms with van der Waals surface area (Å²) in [5.41, 5.74) is 2.16. The Labute approximate surface area is 114 Å². The molecule has 3 aromatic rings. The Morgan fingerprint density at radius 1 is 1.25 bits per heavy atom. The van der Waals surface area contributed by atoms with Gasteiger partial charge in [0, 0.05) is 16.8 Å². The van der Waals surface area contributed by atoms with Crippen LogP contribution >= 0.6 is 0 Å². The van der Waals surface area contributed by atoms with E-state index < -0.39 is 5.97 Å². The molecule has 0 atom stereocenters. The molecule has 0 saturated heterocycles. The molecular formula is C16H12O4. The maximum atomic E-state index is 10.7. The highest BCUT2D eigenvalue weighted by molar-refractivity contribution is 6.11. The second kappa shape index (κ2) is 4.74. The summed E-state index contributed by atoms with van der Waals surface area (Å²) in [4.78, 5) is 10.7. The van der Waals surface area contributed by atoms with Crippen LogP contribution in [0.4, 0.5) is 0 Å². The number of fused-ring (bicyclic) bond motifs is 3. The van der Waals surface area contributed by atoms with Crippen LogP contribution in [-0.2, 0) is 4.79 Å². The molecule has 0 unspecified atom stereocenters. The average Bonchev–Trinajstić information content (AvgIpc) is 2.84. The summed E-state index contributed by atoms with van der Waals surface area (Å²) in [5, 5.41) is 10.6.